The molecule has 0 aromatic rings. The minimum absolute atomic E-state index is 0.00866. The Kier molecular flexibility index (Phi) is 3.66. The molecule has 2 fully saturated rings. The van der Waals surface area contributed by atoms with E-state index in [2.05, 4.69) is 10.6 Å². The molecule has 0 aliphatic carbocycles. The van der Waals surface area contributed by atoms with Gasteiger partial charge in [0, 0.05) is 32.5 Å². The van der Waals surface area contributed by atoms with Gasteiger partial charge in [-0.25, -0.2) is 0 Å². The van der Waals surface area contributed by atoms with Crippen molar-refractivity contribution in [3.8, 4) is 0 Å². The number of likely N-dealkylation sites (tertiary alicyclic amines) is 1. The van der Waals surface area contributed by atoms with E-state index in [9.17, 15) is 9.59 Å². The molecule has 2 saturated heterocycles. The van der Waals surface area contributed by atoms with Gasteiger partial charge in [-0.1, -0.05) is 13.8 Å². The number of carbonyl (C=O) groups is 2. The molecule has 1 atom stereocenters. The molecule has 0 aromatic heterocycles. The quantitative estimate of drug-likeness (QED) is 0.709. The zero-order chi connectivity index (χ0) is 12.4. The van der Waals surface area contributed by atoms with Gasteiger partial charge in [0.25, 0.3) is 0 Å². The van der Waals surface area contributed by atoms with Crippen LogP contribution in [0, 0.1) is 5.92 Å². The van der Waals surface area contributed by atoms with Gasteiger partial charge >= 0.3 is 0 Å². The molecule has 0 aromatic carbocycles. The summed E-state index contributed by atoms with van der Waals surface area (Å²) in [7, 11) is 0. The summed E-state index contributed by atoms with van der Waals surface area (Å²) in [5, 5.41) is 6.11. The summed E-state index contributed by atoms with van der Waals surface area (Å²) >= 11 is 0. The highest BCUT2D eigenvalue weighted by atomic mass is 16.2. The first-order valence-corrected chi connectivity index (χ1v) is 6.36. The molecule has 2 aliphatic rings. The molecule has 17 heavy (non-hydrogen) atoms. The summed E-state index contributed by atoms with van der Waals surface area (Å²) in [4.78, 5) is 25.3. The van der Waals surface area contributed by atoms with E-state index in [4.69, 9.17) is 0 Å². The Bertz CT molecular complexity index is 313. The summed E-state index contributed by atoms with van der Waals surface area (Å²) in [6.45, 7) is 6.49. The zero-order valence-electron chi connectivity index (χ0n) is 10.5. The van der Waals surface area contributed by atoms with Crippen LogP contribution in [-0.4, -0.2) is 48.4 Å². The molecule has 0 bridgehead atoms. The first kappa shape index (κ1) is 12.4. The second kappa shape index (κ2) is 5.04. The molecule has 0 spiro atoms. The normalized spacial score (nSPS) is 25.2. The molecular weight excluding hydrogens is 218 g/mol. The molecule has 1 unspecified atom stereocenters. The Hall–Kier alpha value is -1.10. The van der Waals surface area contributed by atoms with Crippen molar-refractivity contribution in [2.45, 2.75) is 38.8 Å². The molecule has 0 radical (unpaired) electrons. The van der Waals surface area contributed by atoms with E-state index in [1.165, 1.54) is 0 Å². The Morgan fingerprint density at radius 3 is 2.76 bits per heavy atom. The fourth-order valence-electron chi connectivity index (χ4n) is 2.33. The third kappa shape index (κ3) is 2.97. The Morgan fingerprint density at radius 1 is 1.53 bits per heavy atom. The first-order chi connectivity index (χ1) is 8.06. The molecule has 2 amide bonds. The SMILES string of the molecule is CC(C)CC(=O)NC1CC(=O)N(C2CNC2)C1. The predicted octanol–water partition coefficient (Wildman–Crippen LogP) is -0.279. The summed E-state index contributed by atoms with van der Waals surface area (Å²) in [6, 6.07) is 0.351. The third-order valence-corrected chi connectivity index (χ3v) is 3.32. The minimum atomic E-state index is 0.00866. The van der Waals surface area contributed by atoms with Crippen molar-refractivity contribution in [3.63, 3.8) is 0 Å². The number of nitrogens with zero attached hydrogens (tertiary/aromatic N) is 1. The molecule has 5 heteroatoms. The van der Waals surface area contributed by atoms with E-state index in [1.807, 2.05) is 18.7 Å². The Labute approximate surface area is 102 Å². The van der Waals surface area contributed by atoms with Crippen LogP contribution >= 0.6 is 0 Å². The average molecular weight is 239 g/mol. The number of nitrogens with one attached hydrogen (secondary N) is 2. The summed E-state index contributed by atoms with van der Waals surface area (Å²) in [6.07, 6.45) is 0.996. The van der Waals surface area contributed by atoms with Crippen molar-refractivity contribution in [1.29, 1.82) is 0 Å². The number of rotatable bonds is 4. The van der Waals surface area contributed by atoms with Crippen LogP contribution in [0.5, 0.6) is 0 Å². The van der Waals surface area contributed by atoms with Crippen LogP contribution in [-0.2, 0) is 9.59 Å². The molecule has 2 heterocycles. The lowest BCUT2D eigenvalue weighted by molar-refractivity contribution is -0.130. The highest BCUT2D eigenvalue weighted by molar-refractivity contribution is 5.82. The van der Waals surface area contributed by atoms with Crippen LogP contribution in [0.15, 0.2) is 0 Å². The largest absolute Gasteiger partial charge is 0.351 e. The van der Waals surface area contributed by atoms with Gasteiger partial charge in [-0.3, -0.25) is 9.59 Å². The standard InChI is InChI=1S/C12H21N3O2/c1-8(2)3-11(16)14-9-4-12(17)15(7-9)10-5-13-6-10/h8-10,13H,3-7H2,1-2H3,(H,14,16). The molecule has 96 valence electrons. The molecule has 2 aliphatic heterocycles. The van der Waals surface area contributed by atoms with Crippen LogP contribution < -0.4 is 10.6 Å². The molecule has 0 saturated carbocycles. The van der Waals surface area contributed by atoms with E-state index < -0.39 is 0 Å². The van der Waals surface area contributed by atoms with Crippen LogP contribution in [0.2, 0.25) is 0 Å². The number of hydrogen-bond donors (Lipinski definition) is 2. The van der Waals surface area contributed by atoms with E-state index in [0.717, 1.165) is 13.1 Å². The van der Waals surface area contributed by atoms with E-state index in [-0.39, 0.29) is 17.9 Å². The second-order valence-corrected chi connectivity index (χ2v) is 5.42. The van der Waals surface area contributed by atoms with Gasteiger partial charge in [-0.2, -0.15) is 0 Å². The number of hydrogen-bond acceptors (Lipinski definition) is 3. The lowest BCUT2D eigenvalue weighted by atomic mass is 10.1. The summed E-state index contributed by atoms with van der Waals surface area (Å²) in [5.74, 6) is 0.594. The van der Waals surface area contributed by atoms with Crippen LogP contribution in [0.4, 0.5) is 0 Å². The average Bonchev–Trinajstić information content (AvgIpc) is 2.42. The lowest BCUT2D eigenvalue weighted by Crippen LogP contribution is -2.58. The van der Waals surface area contributed by atoms with Gasteiger partial charge in [-0.15, -0.1) is 0 Å². The van der Waals surface area contributed by atoms with E-state index >= 15 is 0 Å². The monoisotopic (exact) mass is 239 g/mol. The fraction of sp³-hybridized carbons (Fsp3) is 0.833. The van der Waals surface area contributed by atoms with Crippen molar-refractivity contribution in [1.82, 2.24) is 15.5 Å². The minimum Gasteiger partial charge on any atom is -0.351 e. The topological polar surface area (TPSA) is 61.4 Å². The van der Waals surface area contributed by atoms with Gasteiger partial charge in [0.15, 0.2) is 0 Å². The fourth-order valence-corrected chi connectivity index (χ4v) is 2.33. The third-order valence-electron chi connectivity index (χ3n) is 3.32. The van der Waals surface area contributed by atoms with Crippen molar-refractivity contribution in [2.24, 2.45) is 5.92 Å². The van der Waals surface area contributed by atoms with Gasteiger partial charge in [0.1, 0.15) is 0 Å². The molecular formula is C12H21N3O2. The number of carbonyl (C=O) groups excluding carboxylic acids is 2. The maximum Gasteiger partial charge on any atom is 0.225 e. The summed E-state index contributed by atoms with van der Waals surface area (Å²) < 4.78 is 0. The molecule has 2 N–H and O–H groups in total. The molecule has 2 rings (SSSR count). The summed E-state index contributed by atoms with van der Waals surface area (Å²) in [5.41, 5.74) is 0. The lowest BCUT2D eigenvalue weighted by Gasteiger charge is -2.35. The Balaban J connectivity index is 1.80. The van der Waals surface area contributed by atoms with Gasteiger partial charge < -0.3 is 15.5 Å². The molecule has 5 nitrogen and oxygen atoms in total. The van der Waals surface area contributed by atoms with Gasteiger partial charge in [-0.05, 0) is 5.92 Å². The second-order valence-electron chi connectivity index (χ2n) is 5.42. The van der Waals surface area contributed by atoms with Crippen LogP contribution in [0.3, 0.4) is 0 Å². The maximum atomic E-state index is 11.8. The van der Waals surface area contributed by atoms with Crippen LogP contribution in [0.1, 0.15) is 26.7 Å². The van der Waals surface area contributed by atoms with E-state index in [1.54, 1.807) is 0 Å². The van der Waals surface area contributed by atoms with Crippen molar-refractivity contribution in [3.05, 3.63) is 0 Å². The maximum absolute atomic E-state index is 11.8. The smallest absolute Gasteiger partial charge is 0.225 e. The Morgan fingerprint density at radius 2 is 2.24 bits per heavy atom. The zero-order valence-corrected chi connectivity index (χ0v) is 10.5. The predicted molar refractivity (Wildman–Crippen MR) is 64.4 cm³/mol. The number of amides is 2. The first-order valence-electron chi connectivity index (χ1n) is 6.36. The van der Waals surface area contributed by atoms with Crippen molar-refractivity contribution < 1.29 is 9.59 Å². The highest BCUT2D eigenvalue weighted by Gasteiger charge is 2.37. The van der Waals surface area contributed by atoms with Gasteiger partial charge in [0.05, 0.1) is 12.1 Å². The van der Waals surface area contributed by atoms with Crippen molar-refractivity contribution in [2.75, 3.05) is 19.6 Å². The van der Waals surface area contributed by atoms with E-state index in [0.29, 0.717) is 31.3 Å². The van der Waals surface area contributed by atoms with Crippen LogP contribution in [0.25, 0.3) is 0 Å². The van der Waals surface area contributed by atoms with Crippen molar-refractivity contribution >= 4 is 11.8 Å². The van der Waals surface area contributed by atoms with Gasteiger partial charge in [0.2, 0.25) is 11.8 Å². The highest BCUT2D eigenvalue weighted by Crippen LogP contribution is 2.17.